The van der Waals surface area contributed by atoms with Crippen LogP contribution >= 0.6 is 0 Å². The highest BCUT2D eigenvalue weighted by Crippen LogP contribution is 2.28. The SMILES string of the molecule is Cc1noc2nc(-c3ccccc3F)cc(C(=O)NCc3ccc(N4CCOCC4)nc3)c12. The molecule has 33 heavy (non-hydrogen) atoms. The molecule has 8 nitrogen and oxygen atoms in total. The maximum absolute atomic E-state index is 14.3. The minimum Gasteiger partial charge on any atom is -0.378 e. The number of pyridine rings is 2. The number of carbonyl (C=O) groups excluding carboxylic acids is 1. The first-order chi connectivity index (χ1) is 16.1. The lowest BCUT2D eigenvalue weighted by atomic mass is 10.0. The average Bonchev–Trinajstić information content (AvgIpc) is 3.24. The Morgan fingerprint density at radius 2 is 2.00 bits per heavy atom. The third kappa shape index (κ3) is 4.27. The summed E-state index contributed by atoms with van der Waals surface area (Å²) in [6.07, 6.45) is 1.75. The Balaban J connectivity index is 1.38. The van der Waals surface area contributed by atoms with Crippen LogP contribution in [-0.4, -0.2) is 47.3 Å². The molecule has 0 aliphatic carbocycles. The summed E-state index contributed by atoms with van der Waals surface area (Å²) in [5.41, 5.74) is 2.51. The van der Waals surface area contributed by atoms with E-state index in [-0.39, 0.29) is 17.2 Å². The summed E-state index contributed by atoms with van der Waals surface area (Å²) in [6.45, 7) is 5.03. The Bertz CT molecular complexity index is 1300. The molecule has 3 aromatic heterocycles. The molecule has 1 fully saturated rings. The summed E-state index contributed by atoms with van der Waals surface area (Å²) in [5, 5.41) is 7.35. The first-order valence-electron chi connectivity index (χ1n) is 10.7. The molecule has 0 radical (unpaired) electrons. The van der Waals surface area contributed by atoms with E-state index in [1.165, 1.54) is 6.07 Å². The highest BCUT2D eigenvalue weighted by Gasteiger charge is 2.20. The van der Waals surface area contributed by atoms with Crippen LogP contribution in [0.2, 0.25) is 0 Å². The van der Waals surface area contributed by atoms with Crippen molar-refractivity contribution >= 4 is 22.8 Å². The van der Waals surface area contributed by atoms with Gasteiger partial charge in [0.2, 0.25) is 0 Å². The van der Waals surface area contributed by atoms with Crippen LogP contribution in [0.3, 0.4) is 0 Å². The molecule has 1 N–H and O–H groups in total. The predicted molar refractivity (Wildman–Crippen MR) is 120 cm³/mol. The standard InChI is InChI=1S/C24H22FN5O3/c1-15-22-18(12-20(28-24(22)33-29-15)17-4-2-3-5-19(17)25)23(31)27-14-16-6-7-21(26-13-16)30-8-10-32-11-9-30/h2-7,12-13H,8-11,14H2,1H3,(H,27,31). The van der Waals surface area contributed by atoms with Gasteiger partial charge in [0.15, 0.2) is 0 Å². The second-order valence-electron chi connectivity index (χ2n) is 7.79. The van der Waals surface area contributed by atoms with Crippen molar-refractivity contribution in [3.63, 3.8) is 0 Å². The fourth-order valence-electron chi connectivity index (χ4n) is 3.86. The van der Waals surface area contributed by atoms with Crippen molar-refractivity contribution in [1.82, 2.24) is 20.4 Å². The van der Waals surface area contributed by atoms with E-state index in [0.717, 1.165) is 24.5 Å². The smallest absolute Gasteiger partial charge is 0.259 e. The van der Waals surface area contributed by atoms with E-state index in [1.54, 1.807) is 37.4 Å². The van der Waals surface area contributed by atoms with Gasteiger partial charge in [0.05, 0.1) is 35.6 Å². The molecule has 168 valence electrons. The zero-order valence-corrected chi connectivity index (χ0v) is 18.0. The third-order valence-electron chi connectivity index (χ3n) is 5.61. The van der Waals surface area contributed by atoms with Crippen molar-refractivity contribution < 1.29 is 18.4 Å². The number of hydrogen-bond acceptors (Lipinski definition) is 7. The summed E-state index contributed by atoms with van der Waals surface area (Å²) >= 11 is 0. The molecule has 1 amide bonds. The quantitative estimate of drug-likeness (QED) is 0.500. The van der Waals surface area contributed by atoms with Crippen LogP contribution in [0, 0.1) is 12.7 Å². The van der Waals surface area contributed by atoms with Gasteiger partial charge in [-0.25, -0.2) is 14.4 Å². The second-order valence-corrected chi connectivity index (χ2v) is 7.79. The van der Waals surface area contributed by atoms with E-state index >= 15 is 0 Å². The summed E-state index contributed by atoms with van der Waals surface area (Å²) in [5.74, 6) is 0.126. The number of ether oxygens (including phenoxy) is 1. The third-order valence-corrected chi connectivity index (χ3v) is 5.61. The number of aromatic nitrogens is 3. The Hall–Kier alpha value is -3.85. The van der Waals surface area contributed by atoms with Crippen LogP contribution in [0.4, 0.5) is 10.2 Å². The summed E-state index contributed by atoms with van der Waals surface area (Å²) in [7, 11) is 0. The fourth-order valence-corrected chi connectivity index (χ4v) is 3.86. The van der Waals surface area contributed by atoms with Crippen molar-refractivity contribution in [2.45, 2.75) is 13.5 Å². The van der Waals surface area contributed by atoms with Crippen LogP contribution in [0.5, 0.6) is 0 Å². The number of nitrogens with one attached hydrogen (secondary N) is 1. The number of amides is 1. The Morgan fingerprint density at radius 1 is 1.18 bits per heavy atom. The fraction of sp³-hybridized carbons (Fsp3) is 0.250. The average molecular weight is 447 g/mol. The minimum absolute atomic E-state index is 0.190. The number of carbonyl (C=O) groups is 1. The zero-order valence-electron chi connectivity index (χ0n) is 18.0. The first-order valence-corrected chi connectivity index (χ1v) is 10.7. The number of fused-ring (bicyclic) bond motifs is 1. The van der Waals surface area contributed by atoms with Crippen molar-refractivity contribution in [3.05, 3.63) is 71.3 Å². The molecule has 9 heteroatoms. The number of hydrogen-bond donors (Lipinski definition) is 1. The molecular formula is C24H22FN5O3. The van der Waals surface area contributed by atoms with E-state index in [1.807, 2.05) is 12.1 Å². The number of halogens is 1. The monoisotopic (exact) mass is 447 g/mol. The number of morpholine rings is 1. The molecule has 1 saturated heterocycles. The van der Waals surface area contributed by atoms with Crippen molar-refractivity contribution in [3.8, 4) is 11.3 Å². The zero-order chi connectivity index (χ0) is 22.8. The van der Waals surface area contributed by atoms with Crippen molar-refractivity contribution in [1.29, 1.82) is 0 Å². The molecule has 4 heterocycles. The van der Waals surface area contributed by atoms with Gasteiger partial charge >= 0.3 is 0 Å². The predicted octanol–water partition coefficient (Wildman–Crippen LogP) is 3.50. The highest BCUT2D eigenvalue weighted by atomic mass is 19.1. The van der Waals surface area contributed by atoms with Gasteiger partial charge in [-0.1, -0.05) is 23.4 Å². The van der Waals surface area contributed by atoms with Gasteiger partial charge in [-0.05, 0) is 36.8 Å². The molecule has 4 aromatic rings. The molecule has 0 saturated carbocycles. The van der Waals surface area contributed by atoms with Crippen LogP contribution in [0.25, 0.3) is 22.4 Å². The Kier molecular flexibility index (Phi) is 5.70. The molecule has 0 unspecified atom stereocenters. The summed E-state index contributed by atoms with van der Waals surface area (Å²) < 4.78 is 25.0. The van der Waals surface area contributed by atoms with E-state index in [4.69, 9.17) is 9.26 Å². The number of rotatable bonds is 5. The largest absolute Gasteiger partial charge is 0.378 e. The number of nitrogens with zero attached hydrogens (tertiary/aromatic N) is 4. The van der Waals surface area contributed by atoms with Gasteiger partial charge in [0.1, 0.15) is 11.6 Å². The highest BCUT2D eigenvalue weighted by molar-refractivity contribution is 6.07. The molecule has 0 atom stereocenters. The van der Waals surface area contributed by atoms with E-state index in [9.17, 15) is 9.18 Å². The van der Waals surface area contributed by atoms with Gasteiger partial charge in [-0.3, -0.25) is 4.79 Å². The Labute approximate surface area is 189 Å². The van der Waals surface area contributed by atoms with Gasteiger partial charge in [-0.2, -0.15) is 0 Å². The van der Waals surface area contributed by atoms with E-state index in [0.29, 0.717) is 42.1 Å². The van der Waals surface area contributed by atoms with Gasteiger partial charge in [-0.15, -0.1) is 0 Å². The second kappa shape index (κ2) is 8.95. The summed E-state index contributed by atoms with van der Waals surface area (Å²) in [4.78, 5) is 24.2. The maximum Gasteiger partial charge on any atom is 0.259 e. The van der Waals surface area contributed by atoms with Crippen LogP contribution in [0.15, 0.2) is 53.2 Å². The molecule has 1 aliphatic heterocycles. The van der Waals surface area contributed by atoms with Gasteiger partial charge < -0.3 is 19.5 Å². The van der Waals surface area contributed by atoms with Crippen LogP contribution < -0.4 is 10.2 Å². The van der Waals surface area contributed by atoms with Crippen molar-refractivity contribution in [2.24, 2.45) is 0 Å². The van der Waals surface area contributed by atoms with Crippen LogP contribution in [0.1, 0.15) is 21.6 Å². The maximum atomic E-state index is 14.3. The number of aryl methyl sites for hydroxylation is 1. The molecular weight excluding hydrogens is 425 g/mol. The van der Waals surface area contributed by atoms with E-state index < -0.39 is 5.82 Å². The van der Waals surface area contributed by atoms with Gasteiger partial charge in [0.25, 0.3) is 11.6 Å². The topological polar surface area (TPSA) is 93.4 Å². The van der Waals surface area contributed by atoms with Crippen LogP contribution in [-0.2, 0) is 11.3 Å². The first kappa shape index (κ1) is 21.0. The molecule has 5 rings (SSSR count). The molecule has 1 aliphatic rings. The molecule has 1 aromatic carbocycles. The normalized spacial score (nSPS) is 13.9. The lowest BCUT2D eigenvalue weighted by molar-refractivity contribution is 0.0952. The lowest BCUT2D eigenvalue weighted by Gasteiger charge is -2.27. The number of anilines is 1. The Morgan fingerprint density at radius 3 is 2.76 bits per heavy atom. The van der Waals surface area contributed by atoms with Gasteiger partial charge in [0, 0.05) is 31.4 Å². The summed E-state index contributed by atoms with van der Waals surface area (Å²) in [6, 6.07) is 11.7. The van der Waals surface area contributed by atoms with Crippen molar-refractivity contribution in [2.75, 3.05) is 31.2 Å². The minimum atomic E-state index is -0.432. The van der Waals surface area contributed by atoms with E-state index in [2.05, 4.69) is 25.3 Å². The molecule has 0 spiro atoms. The number of benzene rings is 1. The molecule has 0 bridgehead atoms. The lowest BCUT2D eigenvalue weighted by Crippen LogP contribution is -2.36.